The summed E-state index contributed by atoms with van der Waals surface area (Å²) in [5.74, 6) is -0.322. The fourth-order valence-corrected chi connectivity index (χ4v) is 3.89. The van der Waals surface area contributed by atoms with E-state index in [2.05, 4.69) is 5.32 Å². The summed E-state index contributed by atoms with van der Waals surface area (Å²) < 4.78 is 0. The normalized spacial score (nSPS) is 18.5. The molecular weight excluding hydrogens is 345 g/mol. The summed E-state index contributed by atoms with van der Waals surface area (Å²) in [5, 5.41) is 13.0. The smallest absolute Gasteiger partial charge is 0.329 e. The summed E-state index contributed by atoms with van der Waals surface area (Å²) in [6, 6.07) is 4.99. The van der Waals surface area contributed by atoms with Gasteiger partial charge in [-0.3, -0.25) is 4.79 Å². The molecule has 0 bridgehead atoms. The number of carboxylic acid groups (broad SMARTS) is 1. The van der Waals surface area contributed by atoms with Gasteiger partial charge in [-0.15, -0.1) is 0 Å². The maximum absolute atomic E-state index is 12.5. The molecule has 7 heteroatoms. The number of nitrogens with one attached hydrogen (secondary N) is 1. The molecule has 120 valence electrons. The van der Waals surface area contributed by atoms with E-state index in [0.29, 0.717) is 28.5 Å². The highest BCUT2D eigenvalue weighted by Gasteiger charge is 2.42. The summed E-state index contributed by atoms with van der Waals surface area (Å²) in [7, 11) is 0. The molecule has 1 unspecified atom stereocenters. The van der Waals surface area contributed by atoms with E-state index in [9.17, 15) is 14.7 Å². The third-order valence-corrected chi connectivity index (χ3v) is 5.68. The molecule has 1 fully saturated rings. The number of amides is 1. The van der Waals surface area contributed by atoms with Gasteiger partial charge in [0, 0.05) is 0 Å². The molecule has 0 aromatic heterocycles. The highest BCUT2D eigenvalue weighted by molar-refractivity contribution is 7.99. The molecule has 22 heavy (non-hydrogen) atoms. The van der Waals surface area contributed by atoms with Crippen LogP contribution in [0.1, 0.15) is 31.2 Å². The Kier molecular flexibility index (Phi) is 5.64. The third kappa shape index (κ3) is 3.70. The van der Waals surface area contributed by atoms with Crippen LogP contribution < -0.4 is 5.32 Å². The highest BCUT2D eigenvalue weighted by atomic mass is 35.5. The van der Waals surface area contributed by atoms with Crippen LogP contribution in [0, 0.1) is 0 Å². The molecule has 1 aliphatic rings. The lowest BCUT2D eigenvalue weighted by atomic mass is 9.90. The maximum atomic E-state index is 12.5. The molecule has 1 aliphatic heterocycles. The summed E-state index contributed by atoms with van der Waals surface area (Å²) in [5.41, 5.74) is -0.454. The summed E-state index contributed by atoms with van der Waals surface area (Å²) in [6.45, 7) is 1.72. The average molecular weight is 362 g/mol. The first-order valence-corrected chi connectivity index (χ1v) is 8.85. The molecule has 1 aromatic carbocycles. The molecule has 0 aliphatic carbocycles. The van der Waals surface area contributed by atoms with Gasteiger partial charge in [-0.05, 0) is 49.0 Å². The fourth-order valence-electron chi connectivity index (χ4n) is 2.39. The minimum absolute atomic E-state index is 0.312. The quantitative estimate of drug-likeness (QED) is 0.860. The lowest BCUT2D eigenvalue weighted by molar-refractivity contribution is -0.148. The van der Waals surface area contributed by atoms with Crippen molar-refractivity contribution < 1.29 is 14.7 Å². The molecule has 2 N–H and O–H groups in total. The molecule has 1 aromatic rings. The number of hydrogen-bond acceptors (Lipinski definition) is 3. The van der Waals surface area contributed by atoms with E-state index in [1.807, 2.05) is 0 Å². The number of carbonyl (C=O) groups excluding carboxylic acids is 1. The Hall–Kier alpha value is -0.910. The van der Waals surface area contributed by atoms with Gasteiger partial charge in [0.1, 0.15) is 5.54 Å². The van der Waals surface area contributed by atoms with Crippen molar-refractivity contribution >= 4 is 46.8 Å². The van der Waals surface area contributed by atoms with E-state index in [1.165, 1.54) is 0 Å². The monoisotopic (exact) mass is 361 g/mol. The Balaban J connectivity index is 2.15. The molecule has 1 atom stereocenters. The van der Waals surface area contributed by atoms with Crippen molar-refractivity contribution in [3.8, 4) is 0 Å². The van der Waals surface area contributed by atoms with Gasteiger partial charge in [-0.2, -0.15) is 11.8 Å². The number of halogens is 2. The second-order valence-corrected chi connectivity index (χ2v) is 7.42. The van der Waals surface area contributed by atoms with Crippen LogP contribution in [0.3, 0.4) is 0 Å². The average Bonchev–Trinajstić information content (AvgIpc) is 2.50. The second kappa shape index (κ2) is 7.11. The van der Waals surface area contributed by atoms with Crippen LogP contribution in [0.5, 0.6) is 0 Å². The van der Waals surface area contributed by atoms with Crippen LogP contribution in [0.2, 0.25) is 10.0 Å². The van der Waals surface area contributed by atoms with Gasteiger partial charge in [0.15, 0.2) is 0 Å². The summed E-state index contributed by atoms with van der Waals surface area (Å²) in [6.07, 6.45) is 0.875. The number of thioether (sulfide) groups is 1. The minimum Gasteiger partial charge on any atom is -0.480 e. The number of carboxylic acids is 1. The van der Waals surface area contributed by atoms with Gasteiger partial charge < -0.3 is 10.4 Å². The van der Waals surface area contributed by atoms with Gasteiger partial charge in [-0.1, -0.05) is 29.3 Å². The third-order valence-electron chi connectivity index (χ3n) is 3.96. The van der Waals surface area contributed by atoms with Crippen molar-refractivity contribution in [1.82, 2.24) is 5.32 Å². The van der Waals surface area contributed by atoms with Gasteiger partial charge >= 0.3 is 5.97 Å². The van der Waals surface area contributed by atoms with Crippen molar-refractivity contribution in [3.05, 3.63) is 33.8 Å². The van der Waals surface area contributed by atoms with E-state index in [4.69, 9.17) is 23.2 Å². The Morgan fingerprint density at radius 1 is 1.27 bits per heavy atom. The minimum atomic E-state index is -1.16. The zero-order valence-electron chi connectivity index (χ0n) is 12.1. The number of hydrogen-bond donors (Lipinski definition) is 2. The van der Waals surface area contributed by atoms with Crippen LogP contribution in [-0.4, -0.2) is 34.0 Å². The molecule has 2 rings (SSSR count). The molecular formula is C15H17Cl2NO3S. The van der Waals surface area contributed by atoms with Crippen LogP contribution >= 0.6 is 35.0 Å². The predicted molar refractivity (Wildman–Crippen MR) is 89.9 cm³/mol. The van der Waals surface area contributed by atoms with E-state index < -0.39 is 17.4 Å². The Morgan fingerprint density at radius 3 is 2.45 bits per heavy atom. The molecule has 0 spiro atoms. The summed E-state index contributed by atoms with van der Waals surface area (Å²) >= 11 is 13.5. The Morgan fingerprint density at radius 2 is 1.91 bits per heavy atom. The molecule has 1 amide bonds. The van der Waals surface area contributed by atoms with E-state index in [1.54, 1.807) is 36.9 Å². The lowest BCUT2D eigenvalue weighted by Crippen LogP contribution is -2.57. The zero-order chi connectivity index (χ0) is 16.3. The number of aliphatic carboxylic acids is 1. The van der Waals surface area contributed by atoms with E-state index in [-0.39, 0.29) is 5.91 Å². The van der Waals surface area contributed by atoms with Crippen molar-refractivity contribution in [1.29, 1.82) is 0 Å². The molecule has 0 saturated carbocycles. The number of rotatable bonds is 4. The standard InChI is InChI=1S/C15H17Cl2NO3S/c1-9(10-2-3-11(16)12(17)8-10)13(19)18-15(14(20)21)4-6-22-7-5-15/h2-3,8-9H,4-7H2,1H3,(H,18,19)(H,20,21). The van der Waals surface area contributed by atoms with Crippen LogP contribution in [-0.2, 0) is 9.59 Å². The first kappa shape index (κ1) is 17.4. The molecule has 1 saturated heterocycles. The predicted octanol–water partition coefficient (Wildman–Crippen LogP) is 3.56. The lowest BCUT2D eigenvalue weighted by Gasteiger charge is -2.34. The van der Waals surface area contributed by atoms with Gasteiger partial charge in [0.2, 0.25) is 5.91 Å². The number of carbonyl (C=O) groups is 2. The first-order chi connectivity index (χ1) is 10.4. The van der Waals surface area contributed by atoms with Crippen molar-refractivity contribution in [2.75, 3.05) is 11.5 Å². The Labute approximate surface area is 143 Å². The van der Waals surface area contributed by atoms with Crippen LogP contribution in [0.4, 0.5) is 0 Å². The SMILES string of the molecule is CC(C(=O)NC1(C(=O)O)CCSCC1)c1ccc(Cl)c(Cl)c1. The van der Waals surface area contributed by atoms with Crippen molar-refractivity contribution in [3.63, 3.8) is 0 Å². The van der Waals surface area contributed by atoms with Crippen LogP contribution in [0.15, 0.2) is 18.2 Å². The summed E-state index contributed by atoms with van der Waals surface area (Å²) in [4.78, 5) is 24.1. The zero-order valence-corrected chi connectivity index (χ0v) is 14.4. The largest absolute Gasteiger partial charge is 0.480 e. The first-order valence-electron chi connectivity index (χ1n) is 6.94. The van der Waals surface area contributed by atoms with Crippen molar-refractivity contribution in [2.24, 2.45) is 0 Å². The number of benzene rings is 1. The van der Waals surface area contributed by atoms with E-state index >= 15 is 0 Å². The fraction of sp³-hybridized carbons (Fsp3) is 0.467. The van der Waals surface area contributed by atoms with Crippen molar-refractivity contribution in [2.45, 2.75) is 31.2 Å². The molecule has 1 heterocycles. The molecule has 4 nitrogen and oxygen atoms in total. The van der Waals surface area contributed by atoms with Gasteiger partial charge in [0.25, 0.3) is 0 Å². The second-order valence-electron chi connectivity index (χ2n) is 5.38. The highest BCUT2D eigenvalue weighted by Crippen LogP contribution is 2.30. The van der Waals surface area contributed by atoms with Crippen LogP contribution in [0.25, 0.3) is 0 Å². The topological polar surface area (TPSA) is 66.4 Å². The Bertz CT molecular complexity index is 588. The maximum Gasteiger partial charge on any atom is 0.329 e. The molecule has 0 radical (unpaired) electrons. The van der Waals surface area contributed by atoms with Gasteiger partial charge in [-0.25, -0.2) is 4.79 Å². The van der Waals surface area contributed by atoms with Gasteiger partial charge in [0.05, 0.1) is 16.0 Å². The van der Waals surface area contributed by atoms with E-state index in [0.717, 1.165) is 11.5 Å².